The molecule has 2 rings (SSSR count). The third kappa shape index (κ3) is 1.65. The number of fused-ring (bicyclic) bond motifs is 1. The molecule has 0 aliphatic rings. The van der Waals surface area contributed by atoms with Gasteiger partial charge in [0.25, 0.3) is 0 Å². The molecule has 0 bridgehead atoms. The lowest BCUT2D eigenvalue weighted by molar-refractivity contribution is 0.524. The summed E-state index contributed by atoms with van der Waals surface area (Å²) in [5, 5.41) is 4.38. The van der Waals surface area contributed by atoms with Crippen LogP contribution in [0.2, 0.25) is 0 Å². The average molecular weight is 203 g/mol. The highest BCUT2D eigenvalue weighted by Gasteiger charge is 2.11. The fraction of sp³-hybridized carbons (Fsp3) is 0.385. The van der Waals surface area contributed by atoms with Gasteiger partial charge in [0.05, 0.1) is 6.54 Å². The second-order valence-electron chi connectivity index (χ2n) is 3.83. The summed E-state index contributed by atoms with van der Waals surface area (Å²) < 4.78 is 5.90. The van der Waals surface area contributed by atoms with Crippen molar-refractivity contribution in [1.29, 1.82) is 0 Å². The topological polar surface area (TPSA) is 25.2 Å². The van der Waals surface area contributed by atoms with Crippen molar-refractivity contribution >= 4 is 11.0 Å². The van der Waals surface area contributed by atoms with E-state index in [9.17, 15) is 0 Å². The van der Waals surface area contributed by atoms with Gasteiger partial charge >= 0.3 is 0 Å². The van der Waals surface area contributed by atoms with Crippen LogP contribution in [0.1, 0.15) is 23.8 Å². The smallest absolute Gasteiger partial charge is 0.137 e. The molecule has 0 aliphatic heterocycles. The van der Waals surface area contributed by atoms with E-state index in [0.717, 1.165) is 24.3 Å². The zero-order chi connectivity index (χ0) is 10.8. The van der Waals surface area contributed by atoms with Crippen molar-refractivity contribution in [1.82, 2.24) is 5.32 Å². The Labute approximate surface area is 90.3 Å². The van der Waals surface area contributed by atoms with Crippen LogP contribution in [0.3, 0.4) is 0 Å². The Bertz CT molecular complexity index is 471. The fourth-order valence-electron chi connectivity index (χ4n) is 1.96. The molecular formula is C13H17NO. The zero-order valence-corrected chi connectivity index (χ0v) is 9.55. The summed E-state index contributed by atoms with van der Waals surface area (Å²) in [6.07, 6.45) is 1.02. The second kappa shape index (κ2) is 4.07. The quantitative estimate of drug-likeness (QED) is 0.829. The molecule has 15 heavy (non-hydrogen) atoms. The van der Waals surface area contributed by atoms with Crippen LogP contribution in [0, 0.1) is 6.92 Å². The maximum atomic E-state index is 5.90. The number of aryl methyl sites for hydroxylation is 2. The monoisotopic (exact) mass is 203 g/mol. The normalized spacial score (nSPS) is 11.1. The molecule has 0 saturated heterocycles. The van der Waals surface area contributed by atoms with Crippen molar-refractivity contribution < 1.29 is 4.42 Å². The van der Waals surface area contributed by atoms with Gasteiger partial charge in [0.1, 0.15) is 11.3 Å². The van der Waals surface area contributed by atoms with Gasteiger partial charge < -0.3 is 9.73 Å². The summed E-state index contributed by atoms with van der Waals surface area (Å²) in [7, 11) is 1.94. The Kier molecular flexibility index (Phi) is 2.78. The van der Waals surface area contributed by atoms with Crippen LogP contribution >= 0.6 is 0 Å². The molecule has 80 valence electrons. The third-order valence-electron chi connectivity index (χ3n) is 2.86. The van der Waals surface area contributed by atoms with Crippen LogP contribution in [0.5, 0.6) is 0 Å². The molecule has 1 aromatic heterocycles. The van der Waals surface area contributed by atoms with E-state index in [1.807, 2.05) is 7.05 Å². The Morgan fingerprint density at radius 2 is 2.13 bits per heavy atom. The lowest BCUT2D eigenvalue weighted by atomic mass is 10.1. The van der Waals surface area contributed by atoms with Crippen molar-refractivity contribution in [2.24, 2.45) is 0 Å². The minimum absolute atomic E-state index is 0.795. The molecule has 2 aromatic rings. The van der Waals surface area contributed by atoms with Gasteiger partial charge in [-0.25, -0.2) is 0 Å². The molecule has 0 unspecified atom stereocenters. The number of furan rings is 1. The first-order valence-electron chi connectivity index (χ1n) is 5.42. The summed E-state index contributed by atoms with van der Waals surface area (Å²) in [6.45, 7) is 5.08. The van der Waals surface area contributed by atoms with Crippen LogP contribution in [0.4, 0.5) is 0 Å². The summed E-state index contributed by atoms with van der Waals surface area (Å²) in [5.74, 6) is 1.05. The van der Waals surface area contributed by atoms with E-state index in [-0.39, 0.29) is 0 Å². The van der Waals surface area contributed by atoms with E-state index >= 15 is 0 Å². The molecule has 0 spiro atoms. The molecule has 2 nitrogen and oxygen atoms in total. The number of hydrogen-bond donors (Lipinski definition) is 1. The fourth-order valence-corrected chi connectivity index (χ4v) is 1.96. The van der Waals surface area contributed by atoms with Crippen LogP contribution in [-0.2, 0) is 13.0 Å². The lowest BCUT2D eigenvalue weighted by Gasteiger charge is -1.96. The molecule has 0 amide bonds. The van der Waals surface area contributed by atoms with Gasteiger partial charge in [0.15, 0.2) is 0 Å². The molecule has 1 aromatic carbocycles. The van der Waals surface area contributed by atoms with Crippen LogP contribution in [-0.4, -0.2) is 7.05 Å². The molecule has 0 aliphatic carbocycles. The highest BCUT2D eigenvalue weighted by molar-refractivity contribution is 5.84. The number of benzene rings is 1. The molecule has 0 fully saturated rings. The van der Waals surface area contributed by atoms with Crippen molar-refractivity contribution in [2.75, 3.05) is 7.05 Å². The first kappa shape index (κ1) is 10.2. The molecule has 0 atom stereocenters. The molecule has 2 heteroatoms. The maximum Gasteiger partial charge on any atom is 0.137 e. The van der Waals surface area contributed by atoms with Gasteiger partial charge in [-0.15, -0.1) is 0 Å². The Balaban J connectivity index is 2.64. The molecular weight excluding hydrogens is 186 g/mol. The van der Waals surface area contributed by atoms with Crippen LogP contribution in [0.25, 0.3) is 11.0 Å². The third-order valence-corrected chi connectivity index (χ3v) is 2.86. The number of rotatable bonds is 3. The summed E-state index contributed by atoms with van der Waals surface area (Å²) in [5.41, 5.74) is 3.61. The summed E-state index contributed by atoms with van der Waals surface area (Å²) >= 11 is 0. The van der Waals surface area contributed by atoms with Gasteiger partial charge in [-0.05, 0) is 31.5 Å². The Morgan fingerprint density at radius 3 is 2.80 bits per heavy atom. The van der Waals surface area contributed by atoms with Gasteiger partial charge in [-0.3, -0.25) is 0 Å². The van der Waals surface area contributed by atoms with Crippen LogP contribution < -0.4 is 5.32 Å². The Morgan fingerprint density at radius 1 is 1.33 bits per heavy atom. The molecule has 1 N–H and O–H groups in total. The summed E-state index contributed by atoms with van der Waals surface area (Å²) in [4.78, 5) is 0. The average Bonchev–Trinajstić information content (AvgIpc) is 2.57. The van der Waals surface area contributed by atoms with E-state index < -0.39 is 0 Å². The molecule has 0 radical (unpaired) electrons. The molecule has 1 heterocycles. The first-order valence-corrected chi connectivity index (χ1v) is 5.42. The van der Waals surface area contributed by atoms with Gasteiger partial charge in [-0.1, -0.05) is 25.1 Å². The van der Waals surface area contributed by atoms with E-state index in [1.54, 1.807) is 0 Å². The number of para-hydroxylation sites is 1. The van der Waals surface area contributed by atoms with Gasteiger partial charge in [-0.2, -0.15) is 0 Å². The largest absolute Gasteiger partial charge is 0.459 e. The summed E-state index contributed by atoms with van der Waals surface area (Å²) in [6, 6.07) is 6.37. The van der Waals surface area contributed by atoms with Crippen molar-refractivity contribution in [3.8, 4) is 0 Å². The van der Waals surface area contributed by atoms with E-state index in [1.165, 1.54) is 16.5 Å². The van der Waals surface area contributed by atoms with Crippen molar-refractivity contribution in [3.63, 3.8) is 0 Å². The molecule has 0 saturated carbocycles. The van der Waals surface area contributed by atoms with E-state index in [0.29, 0.717) is 0 Å². The number of nitrogens with one attached hydrogen (secondary N) is 1. The predicted molar refractivity (Wildman–Crippen MR) is 63.1 cm³/mol. The zero-order valence-electron chi connectivity index (χ0n) is 9.55. The van der Waals surface area contributed by atoms with Crippen molar-refractivity contribution in [2.45, 2.75) is 26.8 Å². The van der Waals surface area contributed by atoms with Gasteiger partial charge in [0.2, 0.25) is 0 Å². The maximum absolute atomic E-state index is 5.90. The highest BCUT2D eigenvalue weighted by Crippen LogP contribution is 2.28. The standard InChI is InChI=1S/C13H17NO/c1-4-10-6-5-7-11-9(2)12(8-14-3)15-13(10)11/h5-7,14H,4,8H2,1-3H3. The van der Waals surface area contributed by atoms with Crippen molar-refractivity contribution in [3.05, 3.63) is 35.1 Å². The second-order valence-corrected chi connectivity index (χ2v) is 3.83. The predicted octanol–water partition coefficient (Wildman–Crippen LogP) is 3.02. The minimum atomic E-state index is 0.795. The highest BCUT2D eigenvalue weighted by atomic mass is 16.3. The van der Waals surface area contributed by atoms with E-state index in [2.05, 4.69) is 37.4 Å². The lowest BCUT2D eigenvalue weighted by Crippen LogP contribution is -2.04. The van der Waals surface area contributed by atoms with E-state index in [4.69, 9.17) is 4.42 Å². The first-order chi connectivity index (χ1) is 7.27. The van der Waals surface area contributed by atoms with Crippen LogP contribution in [0.15, 0.2) is 22.6 Å². The minimum Gasteiger partial charge on any atom is -0.459 e. The number of hydrogen-bond acceptors (Lipinski definition) is 2. The SMILES string of the molecule is CCc1cccc2c(C)c(CNC)oc12. The Hall–Kier alpha value is -1.28. The van der Waals surface area contributed by atoms with Gasteiger partial charge in [0, 0.05) is 5.39 Å².